The molecule has 82 heavy (non-hydrogen) atoms. The van der Waals surface area contributed by atoms with Gasteiger partial charge < -0.3 is 50.1 Å². The number of imide groups is 1. The standard InChI is InChI=1S/C60H79ClN6O14S/c1-34(2)42(30-41(82)16-11-10-12-24-67-50(69)21-22-51(67)70)56(73)65-43(17-14-23-63-57(62)74)45(68)28-39-19-20-40(29-46(39)77-8)64-58(75)80-49-31-52(71)66(7)44-27-38(26-36(4)54(44)61)25-35(3)15-13-18-48(78-9)60(76)32-47(79-53(72)33-60)37(5)55-59(49,6)81-55/h13,15,18-22,26-27,29,34,37,42-43,47-49,55,76H,10-12,14,16-17,23-25,28,30-33H2,1-9H3,(H,64,75)(H,65,73)(H3,62,63,74)/b18-13+,35-15+/t37-,42+,43+,47+,48-,49+,55+,59+,60-/m1/s1. The normalized spacial score (nSPS) is 25.5. The van der Waals surface area contributed by atoms with Gasteiger partial charge in [0.2, 0.25) is 11.8 Å². The number of rotatable bonds is 22. The summed E-state index contributed by atoms with van der Waals surface area (Å²) in [5, 5.41) is 20.6. The van der Waals surface area contributed by atoms with Gasteiger partial charge in [-0.25, -0.2) is 9.59 Å². The van der Waals surface area contributed by atoms with Crippen LogP contribution in [-0.2, 0) is 60.6 Å². The number of ether oxygens (including phenoxy) is 5. The lowest BCUT2D eigenvalue weighted by Gasteiger charge is -2.41. The van der Waals surface area contributed by atoms with Crippen LogP contribution >= 0.6 is 23.8 Å². The van der Waals surface area contributed by atoms with E-state index in [-0.39, 0.29) is 79.5 Å². The number of carbonyl (C=O) groups is 8. The summed E-state index contributed by atoms with van der Waals surface area (Å²) in [6.07, 6.45) is 6.37. The number of Topliss-reactive ketones (excluding diaryl/α,β-unsaturated/α-hetero) is 1. The fraction of sp³-hybridized carbons (Fsp3) is 0.550. The molecule has 0 saturated carbocycles. The highest BCUT2D eigenvalue weighted by Gasteiger charge is 2.64. The topological polar surface area (TPSA) is 275 Å². The number of anilines is 2. The molecule has 9 atom stereocenters. The van der Waals surface area contributed by atoms with Crippen molar-refractivity contribution >= 4 is 87.6 Å². The van der Waals surface area contributed by atoms with Crippen molar-refractivity contribution in [1.82, 2.24) is 15.5 Å². The number of nitrogens with two attached hydrogens (primary N) is 1. The number of methoxy groups -OCH3 is 2. The van der Waals surface area contributed by atoms with Gasteiger partial charge in [-0.2, -0.15) is 0 Å². The lowest BCUT2D eigenvalue weighted by atomic mass is 9.78. The van der Waals surface area contributed by atoms with Crippen molar-refractivity contribution in [3.8, 4) is 5.75 Å². The quantitative estimate of drug-likeness (QED) is 0.0251. The summed E-state index contributed by atoms with van der Waals surface area (Å²) in [5.74, 6) is -3.44. The van der Waals surface area contributed by atoms with E-state index in [9.17, 15) is 43.5 Å². The largest absolute Gasteiger partial charge is 0.496 e. The molecule has 20 nitrogen and oxygen atoms in total. The van der Waals surface area contributed by atoms with E-state index in [1.54, 1.807) is 45.2 Å². The number of nitrogens with one attached hydrogen (secondary N) is 3. The third-order valence-electron chi connectivity index (χ3n) is 15.9. The highest BCUT2D eigenvalue weighted by Crippen LogP contribution is 2.50. The Morgan fingerprint density at radius 1 is 1.01 bits per heavy atom. The number of fused-ring (bicyclic) bond motifs is 5. The predicted molar refractivity (Wildman–Crippen MR) is 312 cm³/mol. The molecular weight excluding hydrogens is 1100 g/mol. The number of primary amides is 1. The van der Waals surface area contributed by atoms with Crippen molar-refractivity contribution in [3.63, 3.8) is 0 Å². The monoisotopic (exact) mass is 1170 g/mol. The number of epoxide rings is 1. The summed E-state index contributed by atoms with van der Waals surface area (Å²) in [4.78, 5) is 109. The SMILES string of the molecule is COc1cc(NC(=O)O[C@H]2CC(=O)N(C)c3cc(cc(C)c3Cl)C/C(C)=C/C=C/[C@@H](OC)[C@]3(O)CC(=O)O[C@@H](C3)[C@@H](C)[C@@H]3O[C@@]23C)ccc1CC(=O)[C@H](CCCNC(N)=O)NC(=O)[C@@H](CC(=S)CCCCCN1C(=O)C=CC1=O)C(C)C. The van der Waals surface area contributed by atoms with Crippen LogP contribution in [0.1, 0.15) is 116 Å². The molecule has 6 N–H and O–H groups in total. The number of ketones is 1. The molecule has 0 aliphatic carbocycles. The van der Waals surface area contributed by atoms with Gasteiger partial charge in [0.05, 0.1) is 42.8 Å². The van der Waals surface area contributed by atoms with Crippen molar-refractivity contribution in [3.05, 3.63) is 88.0 Å². The average Bonchev–Trinajstić information content (AvgIpc) is 2.27. The highest BCUT2D eigenvalue weighted by atomic mass is 35.5. The molecule has 4 aliphatic heterocycles. The molecule has 7 amide bonds. The number of urea groups is 1. The second kappa shape index (κ2) is 28.6. The van der Waals surface area contributed by atoms with Gasteiger partial charge in [-0.1, -0.05) is 86.9 Å². The Bertz CT molecular complexity index is 2840. The van der Waals surface area contributed by atoms with E-state index in [0.717, 1.165) is 23.1 Å². The Balaban J connectivity index is 1.17. The van der Waals surface area contributed by atoms with Crippen molar-refractivity contribution in [2.45, 2.75) is 160 Å². The minimum atomic E-state index is -1.63. The summed E-state index contributed by atoms with van der Waals surface area (Å²) < 4.78 is 29.8. The van der Waals surface area contributed by atoms with Crippen LogP contribution in [0.5, 0.6) is 5.75 Å². The van der Waals surface area contributed by atoms with E-state index in [0.29, 0.717) is 66.2 Å². The van der Waals surface area contributed by atoms with Crippen LogP contribution in [0.2, 0.25) is 5.02 Å². The van der Waals surface area contributed by atoms with Crippen molar-refractivity contribution in [2.24, 2.45) is 23.5 Å². The number of aryl methyl sites for hydroxylation is 1. The van der Waals surface area contributed by atoms with Gasteiger partial charge in [0.25, 0.3) is 11.8 Å². The van der Waals surface area contributed by atoms with Crippen molar-refractivity contribution in [1.29, 1.82) is 0 Å². The zero-order chi connectivity index (χ0) is 60.2. The second-order valence-corrected chi connectivity index (χ2v) is 23.4. The fourth-order valence-corrected chi connectivity index (χ4v) is 11.5. The molecule has 0 radical (unpaired) electrons. The number of amides is 7. The summed E-state index contributed by atoms with van der Waals surface area (Å²) >= 11 is 12.6. The minimum absolute atomic E-state index is 0.0119. The van der Waals surface area contributed by atoms with Crippen molar-refractivity contribution < 1.29 is 67.1 Å². The maximum Gasteiger partial charge on any atom is 0.412 e. The van der Waals surface area contributed by atoms with Gasteiger partial charge in [0.1, 0.15) is 35.3 Å². The summed E-state index contributed by atoms with van der Waals surface area (Å²) in [7, 11) is 4.45. The molecule has 6 rings (SSSR count). The molecule has 0 aromatic heterocycles. The van der Waals surface area contributed by atoms with Crippen LogP contribution < -0.4 is 31.3 Å². The number of allylic oxidation sites excluding steroid dienone is 3. The van der Waals surface area contributed by atoms with Crippen LogP contribution in [0, 0.1) is 24.7 Å². The van der Waals surface area contributed by atoms with Gasteiger partial charge >= 0.3 is 18.1 Å². The summed E-state index contributed by atoms with van der Waals surface area (Å²) in [6, 6.07) is 6.72. The highest BCUT2D eigenvalue weighted by molar-refractivity contribution is 7.80. The molecule has 22 heteroatoms. The molecule has 2 aromatic rings. The van der Waals surface area contributed by atoms with Crippen LogP contribution in [-0.4, -0.2) is 138 Å². The molecule has 0 spiro atoms. The molecule has 0 unspecified atom stereocenters. The number of halogens is 1. The first-order valence-corrected chi connectivity index (χ1v) is 28.6. The van der Waals surface area contributed by atoms with Gasteiger partial charge in [-0.05, 0) is 99.8 Å². The average molecular weight is 1180 g/mol. The smallest absolute Gasteiger partial charge is 0.412 e. The molecule has 4 heterocycles. The molecule has 4 aliphatic rings. The zero-order valence-electron chi connectivity index (χ0n) is 48.3. The molecular formula is C60H79ClN6O14S. The maximum atomic E-state index is 14.4. The van der Waals surface area contributed by atoms with Crippen LogP contribution in [0.3, 0.4) is 0 Å². The maximum absolute atomic E-state index is 14.4. The van der Waals surface area contributed by atoms with E-state index in [1.165, 1.54) is 42.2 Å². The third-order valence-corrected chi connectivity index (χ3v) is 16.7. The molecule has 4 bridgehead atoms. The summed E-state index contributed by atoms with van der Waals surface area (Å²) in [6.45, 7) is 11.6. The Kier molecular flexibility index (Phi) is 22.6. The lowest BCUT2D eigenvalue weighted by molar-refractivity contribution is -0.187. The molecule has 2 fully saturated rings. The van der Waals surface area contributed by atoms with Crippen LogP contribution in [0.4, 0.5) is 21.0 Å². The molecule has 2 aromatic carbocycles. The minimum Gasteiger partial charge on any atom is -0.496 e. The number of unbranched alkanes of at least 4 members (excludes halogenated alkanes) is 2. The lowest BCUT2D eigenvalue weighted by Crippen LogP contribution is -2.53. The van der Waals surface area contributed by atoms with Gasteiger partial charge in [0.15, 0.2) is 5.78 Å². The van der Waals surface area contributed by atoms with Crippen LogP contribution in [0.25, 0.3) is 0 Å². The Labute approximate surface area is 490 Å². The molecule has 2 saturated heterocycles. The number of esters is 1. The van der Waals surface area contributed by atoms with Gasteiger partial charge in [-0.15, -0.1) is 0 Å². The number of hydrogen-bond donors (Lipinski definition) is 5. The number of carbonyl (C=O) groups excluding carboxylic acids is 8. The third kappa shape index (κ3) is 16.8. The zero-order valence-corrected chi connectivity index (χ0v) is 49.9. The Morgan fingerprint density at radius 2 is 1.73 bits per heavy atom. The predicted octanol–water partition coefficient (Wildman–Crippen LogP) is 7.49. The number of thiocarbonyl (C=S) groups is 1. The van der Waals surface area contributed by atoms with Gasteiger partial charge in [0, 0.05) is 81.4 Å². The summed E-state index contributed by atoms with van der Waals surface area (Å²) in [5.41, 5.74) is 6.07. The second-order valence-electron chi connectivity index (χ2n) is 22.5. The van der Waals surface area contributed by atoms with Crippen LogP contribution in [0.15, 0.2) is 66.3 Å². The van der Waals surface area contributed by atoms with E-state index >= 15 is 0 Å². The fourth-order valence-electron chi connectivity index (χ4n) is 11.0. The first kappa shape index (κ1) is 64.6. The van der Waals surface area contributed by atoms with E-state index in [4.69, 9.17) is 53.2 Å². The number of aliphatic hydroxyl groups is 1. The number of hydrogen-bond acceptors (Lipinski definition) is 15. The number of nitrogens with zero attached hydrogens (tertiary/aromatic N) is 2. The van der Waals surface area contributed by atoms with Crippen molar-refractivity contribution in [2.75, 3.05) is 44.6 Å². The first-order valence-electron chi connectivity index (χ1n) is 27.9. The van der Waals surface area contributed by atoms with Gasteiger partial charge in [-0.3, -0.25) is 39.0 Å². The first-order chi connectivity index (χ1) is 38.8. The van der Waals surface area contributed by atoms with E-state index < -0.39 is 77.5 Å². The molecule has 446 valence electrons. The Hall–Kier alpha value is -6.52. The van der Waals surface area contributed by atoms with E-state index in [2.05, 4.69) is 16.0 Å². The Morgan fingerprint density at radius 3 is 2.40 bits per heavy atom. The number of benzene rings is 2. The van der Waals surface area contributed by atoms with E-state index in [1.807, 2.05) is 45.9 Å².